The van der Waals surface area contributed by atoms with E-state index in [9.17, 15) is 4.79 Å². The Balaban J connectivity index is 1.42. The Morgan fingerprint density at radius 2 is 2.08 bits per heavy atom. The predicted molar refractivity (Wildman–Crippen MR) is 94.8 cm³/mol. The van der Waals surface area contributed by atoms with Gasteiger partial charge in [0.25, 0.3) is 0 Å². The van der Waals surface area contributed by atoms with Crippen LogP contribution in [0, 0.1) is 12.8 Å². The molecule has 0 saturated carbocycles. The van der Waals surface area contributed by atoms with Crippen molar-refractivity contribution in [3.8, 4) is 0 Å². The fourth-order valence-corrected chi connectivity index (χ4v) is 3.94. The Labute approximate surface area is 145 Å². The smallest absolute Gasteiger partial charge is 0.224 e. The van der Waals surface area contributed by atoms with Crippen LogP contribution in [0.1, 0.15) is 31.4 Å². The van der Waals surface area contributed by atoms with Gasteiger partial charge in [-0.2, -0.15) is 5.10 Å². The van der Waals surface area contributed by atoms with Gasteiger partial charge in [0.2, 0.25) is 5.91 Å². The number of nitrogens with one attached hydrogen (secondary N) is 1. The van der Waals surface area contributed by atoms with E-state index in [0.717, 1.165) is 38.2 Å². The standard InChI is InChI=1S/C18H31N5O/c1-15-5-12-23(20-15)13-8-19-18(24)16-4-3-9-22(14-16)17-6-10-21(2)11-7-17/h5,12,16-17H,3-4,6-11,13-14H2,1-2H3,(H,19,24)/t16-/m1/s1. The summed E-state index contributed by atoms with van der Waals surface area (Å²) in [5, 5.41) is 7.46. The highest BCUT2D eigenvalue weighted by Crippen LogP contribution is 2.23. The van der Waals surface area contributed by atoms with Gasteiger partial charge in [-0.15, -0.1) is 0 Å². The molecule has 1 N–H and O–H groups in total. The van der Waals surface area contributed by atoms with Crippen molar-refractivity contribution >= 4 is 5.91 Å². The number of carbonyl (C=O) groups is 1. The van der Waals surface area contributed by atoms with Crippen LogP contribution in [0.4, 0.5) is 0 Å². The molecule has 134 valence electrons. The number of likely N-dealkylation sites (tertiary alicyclic amines) is 2. The second-order valence-electron chi connectivity index (χ2n) is 7.38. The first-order chi connectivity index (χ1) is 11.6. The maximum atomic E-state index is 12.5. The largest absolute Gasteiger partial charge is 0.354 e. The number of nitrogens with zero attached hydrogens (tertiary/aromatic N) is 4. The van der Waals surface area contributed by atoms with E-state index in [1.807, 2.05) is 23.9 Å². The fourth-order valence-electron chi connectivity index (χ4n) is 3.94. The highest BCUT2D eigenvalue weighted by atomic mass is 16.1. The molecule has 0 aliphatic carbocycles. The van der Waals surface area contributed by atoms with Crippen molar-refractivity contribution in [1.82, 2.24) is 24.9 Å². The maximum absolute atomic E-state index is 12.5. The molecule has 1 aromatic heterocycles. The van der Waals surface area contributed by atoms with Crippen LogP contribution in [-0.2, 0) is 11.3 Å². The fraction of sp³-hybridized carbons (Fsp3) is 0.778. The number of hydrogen-bond acceptors (Lipinski definition) is 4. The molecule has 3 heterocycles. The molecule has 2 aliphatic rings. The van der Waals surface area contributed by atoms with E-state index in [-0.39, 0.29) is 11.8 Å². The molecule has 0 aromatic carbocycles. The molecule has 24 heavy (non-hydrogen) atoms. The van der Waals surface area contributed by atoms with E-state index >= 15 is 0 Å². The van der Waals surface area contributed by atoms with Crippen LogP contribution < -0.4 is 5.32 Å². The van der Waals surface area contributed by atoms with Gasteiger partial charge in [0, 0.05) is 25.3 Å². The van der Waals surface area contributed by atoms with Gasteiger partial charge < -0.3 is 10.2 Å². The number of aryl methyl sites for hydroxylation is 1. The quantitative estimate of drug-likeness (QED) is 0.877. The van der Waals surface area contributed by atoms with Crippen LogP contribution in [-0.4, -0.2) is 71.3 Å². The molecule has 2 aliphatic heterocycles. The summed E-state index contributed by atoms with van der Waals surface area (Å²) in [5.74, 6) is 0.370. The van der Waals surface area contributed by atoms with Crippen molar-refractivity contribution in [2.24, 2.45) is 5.92 Å². The summed E-state index contributed by atoms with van der Waals surface area (Å²) in [4.78, 5) is 17.5. The van der Waals surface area contributed by atoms with E-state index in [0.29, 0.717) is 12.6 Å². The van der Waals surface area contributed by atoms with Crippen LogP contribution in [0.25, 0.3) is 0 Å². The number of rotatable bonds is 5. The summed E-state index contributed by atoms with van der Waals surface area (Å²) in [6, 6.07) is 2.66. The van der Waals surface area contributed by atoms with Crippen molar-refractivity contribution in [1.29, 1.82) is 0 Å². The van der Waals surface area contributed by atoms with Crippen molar-refractivity contribution in [3.63, 3.8) is 0 Å². The molecule has 2 saturated heterocycles. The van der Waals surface area contributed by atoms with E-state index < -0.39 is 0 Å². The van der Waals surface area contributed by atoms with Gasteiger partial charge >= 0.3 is 0 Å². The van der Waals surface area contributed by atoms with E-state index in [2.05, 4.69) is 27.3 Å². The summed E-state index contributed by atoms with van der Waals surface area (Å²) in [6.07, 6.45) is 6.61. The summed E-state index contributed by atoms with van der Waals surface area (Å²) < 4.78 is 1.89. The molecular formula is C18H31N5O. The first-order valence-electron chi connectivity index (χ1n) is 9.32. The molecule has 6 nitrogen and oxygen atoms in total. The third kappa shape index (κ3) is 4.57. The van der Waals surface area contributed by atoms with E-state index in [1.165, 1.54) is 25.9 Å². The molecule has 1 atom stereocenters. The molecule has 0 unspecified atom stereocenters. The molecule has 3 rings (SSSR count). The highest BCUT2D eigenvalue weighted by molar-refractivity contribution is 5.78. The Kier molecular flexibility index (Phi) is 5.89. The zero-order valence-corrected chi connectivity index (χ0v) is 15.1. The zero-order valence-electron chi connectivity index (χ0n) is 15.1. The lowest BCUT2D eigenvalue weighted by Gasteiger charge is -2.41. The molecular weight excluding hydrogens is 302 g/mol. The number of carbonyl (C=O) groups excluding carboxylic acids is 1. The van der Waals surface area contributed by atoms with Crippen molar-refractivity contribution in [2.75, 3.05) is 39.8 Å². The maximum Gasteiger partial charge on any atom is 0.224 e. The minimum atomic E-state index is 0.151. The molecule has 2 fully saturated rings. The summed E-state index contributed by atoms with van der Waals surface area (Å²) in [5.41, 5.74) is 1.02. The van der Waals surface area contributed by atoms with E-state index in [4.69, 9.17) is 0 Å². The second-order valence-corrected chi connectivity index (χ2v) is 7.38. The molecule has 0 spiro atoms. The van der Waals surface area contributed by atoms with Gasteiger partial charge in [0.05, 0.1) is 18.2 Å². The zero-order chi connectivity index (χ0) is 16.9. The topological polar surface area (TPSA) is 53.4 Å². The van der Waals surface area contributed by atoms with Crippen molar-refractivity contribution in [2.45, 2.75) is 45.2 Å². The van der Waals surface area contributed by atoms with Crippen LogP contribution in [0.2, 0.25) is 0 Å². The van der Waals surface area contributed by atoms with E-state index in [1.54, 1.807) is 0 Å². The lowest BCUT2D eigenvalue weighted by Crippen LogP contribution is -2.50. The van der Waals surface area contributed by atoms with Crippen LogP contribution >= 0.6 is 0 Å². The third-order valence-corrected chi connectivity index (χ3v) is 5.44. The highest BCUT2D eigenvalue weighted by Gasteiger charge is 2.30. The summed E-state index contributed by atoms with van der Waals surface area (Å²) in [7, 11) is 2.20. The lowest BCUT2D eigenvalue weighted by atomic mass is 9.93. The first-order valence-corrected chi connectivity index (χ1v) is 9.32. The summed E-state index contributed by atoms with van der Waals surface area (Å²) >= 11 is 0. The molecule has 6 heteroatoms. The SMILES string of the molecule is Cc1ccn(CCNC(=O)[C@@H]2CCCN(C3CCN(C)CC3)C2)n1. The second kappa shape index (κ2) is 8.12. The average molecular weight is 333 g/mol. The van der Waals surface area contributed by atoms with Gasteiger partial charge in [-0.05, 0) is 65.4 Å². The lowest BCUT2D eigenvalue weighted by molar-refractivity contribution is -0.127. The van der Waals surface area contributed by atoms with Crippen LogP contribution in [0.5, 0.6) is 0 Å². The molecule has 0 radical (unpaired) electrons. The van der Waals surface area contributed by atoms with Gasteiger partial charge in [-0.3, -0.25) is 14.4 Å². The van der Waals surface area contributed by atoms with Gasteiger partial charge in [-0.25, -0.2) is 0 Å². The summed E-state index contributed by atoms with van der Waals surface area (Å²) in [6.45, 7) is 7.83. The Hall–Kier alpha value is -1.40. The molecule has 0 bridgehead atoms. The van der Waals surface area contributed by atoms with Gasteiger partial charge in [0.1, 0.15) is 0 Å². The minimum absolute atomic E-state index is 0.151. The number of piperidine rings is 2. The minimum Gasteiger partial charge on any atom is -0.354 e. The third-order valence-electron chi connectivity index (χ3n) is 5.44. The van der Waals surface area contributed by atoms with Crippen molar-refractivity contribution < 1.29 is 4.79 Å². The Bertz CT molecular complexity index is 535. The Morgan fingerprint density at radius 3 is 2.79 bits per heavy atom. The van der Waals surface area contributed by atoms with Crippen LogP contribution in [0.15, 0.2) is 12.3 Å². The number of aromatic nitrogens is 2. The normalized spacial score (nSPS) is 24.2. The van der Waals surface area contributed by atoms with Gasteiger partial charge in [-0.1, -0.05) is 0 Å². The van der Waals surface area contributed by atoms with Crippen molar-refractivity contribution in [3.05, 3.63) is 18.0 Å². The average Bonchev–Trinajstić information content (AvgIpc) is 3.01. The molecule has 1 amide bonds. The number of amides is 1. The first kappa shape index (κ1) is 17.4. The predicted octanol–water partition coefficient (Wildman–Crippen LogP) is 1.11. The monoisotopic (exact) mass is 333 g/mol. The molecule has 1 aromatic rings. The Morgan fingerprint density at radius 1 is 1.29 bits per heavy atom. The van der Waals surface area contributed by atoms with Gasteiger partial charge in [0.15, 0.2) is 0 Å². The number of hydrogen-bond donors (Lipinski definition) is 1. The van der Waals surface area contributed by atoms with Crippen LogP contribution in [0.3, 0.4) is 0 Å².